The average Bonchev–Trinajstić information content (AvgIpc) is 2.30. The number of nitrogens with two attached hydrogens (primary N) is 1. The lowest BCUT2D eigenvalue weighted by atomic mass is 10.1. The predicted molar refractivity (Wildman–Crippen MR) is 70.9 cm³/mol. The number of benzene rings is 1. The molecule has 1 aromatic rings. The molecule has 0 amide bonds. The van der Waals surface area contributed by atoms with Crippen LogP contribution >= 0.6 is 0 Å². The van der Waals surface area contributed by atoms with Crippen LogP contribution in [0.15, 0.2) is 24.3 Å². The lowest BCUT2D eigenvalue weighted by Gasteiger charge is -2.18. The first kappa shape index (κ1) is 13.0. The number of nitrogens with zero attached hydrogens (tertiary/aromatic N) is 1. The first-order chi connectivity index (χ1) is 7.69. The first-order valence-electron chi connectivity index (χ1n) is 5.89. The number of hydrogen-bond acceptors (Lipinski definition) is 3. The molecule has 1 unspecified atom stereocenters. The summed E-state index contributed by atoms with van der Waals surface area (Å²) >= 11 is 0. The normalized spacial score (nSPS) is 12.5. The highest BCUT2D eigenvalue weighted by Crippen LogP contribution is 2.17. The second-order valence-electron chi connectivity index (χ2n) is 4.23. The number of rotatable bonds is 6. The van der Waals surface area contributed by atoms with E-state index in [1.165, 1.54) is 11.3 Å². The van der Waals surface area contributed by atoms with Gasteiger partial charge < -0.3 is 16.0 Å². The minimum atomic E-state index is 0.274. The molecular weight excluding hydrogens is 198 g/mol. The van der Waals surface area contributed by atoms with Crippen LogP contribution in [0, 0.1) is 0 Å². The topological polar surface area (TPSA) is 41.3 Å². The highest BCUT2D eigenvalue weighted by molar-refractivity contribution is 5.46. The highest BCUT2D eigenvalue weighted by atomic mass is 15.1. The van der Waals surface area contributed by atoms with E-state index in [0.717, 1.165) is 13.0 Å². The van der Waals surface area contributed by atoms with Gasteiger partial charge in [0.1, 0.15) is 0 Å². The lowest BCUT2D eigenvalue weighted by Crippen LogP contribution is -2.28. The Labute approximate surface area is 98.6 Å². The Kier molecular flexibility index (Phi) is 5.29. The zero-order valence-corrected chi connectivity index (χ0v) is 10.5. The molecule has 0 spiro atoms. The number of nitrogens with one attached hydrogen (secondary N) is 1. The molecule has 1 rings (SSSR count). The molecule has 16 heavy (non-hydrogen) atoms. The van der Waals surface area contributed by atoms with Crippen molar-refractivity contribution < 1.29 is 0 Å². The van der Waals surface area contributed by atoms with Gasteiger partial charge in [-0.3, -0.25) is 0 Å². The maximum absolute atomic E-state index is 5.77. The fourth-order valence-electron chi connectivity index (χ4n) is 1.66. The molecule has 3 heteroatoms. The van der Waals surface area contributed by atoms with Crippen molar-refractivity contribution in [3.63, 3.8) is 0 Å². The van der Waals surface area contributed by atoms with E-state index in [2.05, 4.69) is 41.4 Å². The quantitative estimate of drug-likeness (QED) is 0.769. The summed E-state index contributed by atoms with van der Waals surface area (Å²) < 4.78 is 0. The van der Waals surface area contributed by atoms with Crippen LogP contribution in [0.1, 0.15) is 24.9 Å². The Hall–Kier alpha value is -1.06. The van der Waals surface area contributed by atoms with Gasteiger partial charge in [0, 0.05) is 32.4 Å². The Balaban J connectivity index is 2.70. The second-order valence-corrected chi connectivity index (χ2v) is 4.23. The molecule has 0 aliphatic carbocycles. The van der Waals surface area contributed by atoms with Crippen LogP contribution in [-0.2, 0) is 0 Å². The largest absolute Gasteiger partial charge is 0.378 e. The van der Waals surface area contributed by atoms with E-state index in [1.807, 2.05) is 14.1 Å². The third-order valence-electron chi connectivity index (χ3n) is 2.69. The highest BCUT2D eigenvalue weighted by Gasteiger charge is 2.07. The van der Waals surface area contributed by atoms with Gasteiger partial charge in [-0.25, -0.2) is 0 Å². The summed E-state index contributed by atoms with van der Waals surface area (Å²) in [6.45, 7) is 3.81. The molecule has 0 radical (unpaired) electrons. The maximum atomic E-state index is 5.77. The van der Waals surface area contributed by atoms with E-state index in [9.17, 15) is 0 Å². The summed E-state index contributed by atoms with van der Waals surface area (Å²) in [5, 5.41) is 3.45. The number of hydrogen-bond donors (Lipinski definition) is 2. The average molecular weight is 221 g/mol. The molecule has 0 saturated carbocycles. The predicted octanol–water partition coefficient (Wildman–Crippen LogP) is 1.75. The third kappa shape index (κ3) is 3.51. The summed E-state index contributed by atoms with van der Waals surface area (Å²) in [6.07, 6.45) is 1.13. The molecule has 1 aromatic carbocycles. The van der Waals surface area contributed by atoms with Gasteiger partial charge in [-0.05, 0) is 30.7 Å². The molecule has 0 aliphatic rings. The van der Waals surface area contributed by atoms with Crippen molar-refractivity contribution in [3.05, 3.63) is 29.8 Å². The molecule has 0 fully saturated rings. The molecule has 0 aromatic heterocycles. The van der Waals surface area contributed by atoms with Crippen molar-refractivity contribution in [3.8, 4) is 0 Å². The monoisotopic (exact) mass is 221 g/mol. The summed E-state index contributed by atoms with van der Waals surface area (Å²) in [4.78, 5) is 2.10. The van der Waals surface area contributed by atoms with Crippen molar-refractivity contribution in [1.82, 2.24) is 5.32 Å². The minimum absolute atomic E-state index is 0.274. The van der Waals surface area contributed by atoms with Gasteiger partial charge in [0.05, 0.1) is 0 Å². The molecule has 0 saturated heterocycles. The van der Waals surface area contributed by atoms with Crippen LogP contribution < -0.4 is 16.0 Å². The Bertz CT molecular complexity index is 293. The van der Waals surface area contributed by atoms with Crippen LogP contribution in [0.4, 0.5) is 5.69 Å². The van der Waals surface area contributed by atoms with Crippen LogP contribution in [0.25, 0.3) is 0 Å². The first-order valence-corrected chi connectivity index (χ1v) is 5.89. The molecule has 3 N–H and O–H groups in total. The van der Waals surface area contributed by atoms with Gasteiger partial charge in [0.25, 0.3) is 0 Å². The van der Waals surface area contributed by atoms with Gasteiger partial charge in [0.15, 0.2) is 0 Å². The second kappa shape index (κ2) is 6.51. The van der Waals surface area contributed by atoms with Gasteiger partial charge in [0.2, 0.25) is 0 Å². The van der Waals surface area contributed by atoms with Crippen LogP contribution in [0.2, 0.25) is 0 Å². The third-order valence-corrected chi connectivity index (χ3v) is 2.69. The minimum Gasteiger partial charge on any atom is -0.378 e. The van der Waals surface area contributed by atoms with Crippen molar-refractivity contribution >= 4 is 5.69 Å². The fourth-order valence-corrected chi connectivity index (χ4v) is 1.66. The van der Waals surface area contributed by atoms with Crippen LogP contribution in [0.3, 0.4) is 0 Å². The summed E-state index contributed by atoms with van der Waals surface area (Å²) in [5.74, 6) is 0. The summed E-state index contributed by atoms with van der Waals surface area (Å²) in [6, 6.07) is 8.83. The van der Waals surface area contributed by atoms with Crippen molar-refractivity contribution in [2.24, 2.45) is 5.73 Å². The SMILES string of the molecule is CCCNC(CN)c1ccc(N(C)C)cc1. The fraction of sp³-hybridized carbons (Fsp3) is 0.538. The van der Waals surface area contributed by atoms with Crippen molar-refractivity contribution in [2.75, 3.05) is 32.1 Å². The van der Waals surface area contributed by atoms with E-state index in [-0.39, 0.29) is 6.04 Å². The molecule has 0 bridgehead atoms. The van der Waals surface area contributed by atoms with E-state index in [0.29, 0.717) is 6.54 Å². The number of anilines is 1. The van der Waals surface area contributed by atoms with Gasteiger partial charge in [-0.1, -0.05) is 19.1 Å². The smallest absolute Gasteiger partial charge is 0.0444 e. The van der Waals surface area contributed by atoms with Gasteiger partial charge in [-0.15, -0.1) is 0 Å². The van der Waals surface area contributed by atoms with Gasteiger partial charge in [-0.2, -0.15) is 0 Å². The summed E-state index contributed by atoms with van der Waals surface area (Å²) in [7, 11) is 4.09. The van der Waals surface area contributed by atoms with Crippen LogP contribution in [0.5, 0.6) is 0 Å². The van der Waals surface area contributed by atoms with Crippen LogP contribution in [-0.4, -0.2) is 27.2 Å². The van der Waals surface area contributed by atoms with E-state index < -0.39 is 0 Å². The Morgan fingerprint density at radius 1 is 1.25 bits per heavy atom. The zero-order valence-electron chi connectivity index (χ0n) is 10.5. The molecule has 1 atom stereocenters. The Morgan fingerprint density at radius 2 is 1.88 bits per heavy atom. The summed E-state index contributed by atoms with van der Waals surface area (Å²) in [5.41, 5.74) is 8.25. The maximum Gasteiger partial charge on any atom is 0.0444 e. The molecule has 0 aliphatic heterocycles. The van der Waals surface area contributed by atoms with Crippen molar-refractivity contribution in [1.29, 1.82) is 0 Å². The Morgan fingerprint density at radius 3 is 2.31 bits per heavy atom. The van der Waals surface area contributed by atoms with E-state index in [4.69, 9.17) is 5.73 Å². The van der Waals surface area contributed by atoms with Gasteiger partial charge >= 0.3 is 0 Å². The molecular formula is C13H23N3. The molecule has 90 valence electrons. The van der Waals surface area contributed by atoms with E-state index >= 15 is 0 Å². The van der Waals surface area contributed by atoms with Crippen molar-refractivity contribution in [2.45, 2.75) is 19.4 Å². The van der Waals surface area contributed by atoms with E-state index in [1.54, 1.807) is 0 Å². The standard InChI is InChI=1S/C13H23N3/c1-4-9-15-13(10-14)11-5-7-12(8-6-11)16(2)3/h5-8,13,15H,4,9-10,14H2,1-3H3. The lowest BCUT2D eigenvalue weighted by molar-refractivity contribution is 0.540. The molecule has 3 nitrogen and oxygen atoms in total. The zero-order chi connectivity index (χ0) is 12.0. The molecule has 0 heterocycles.